The normalized spacial score (nSPS) is 14.8. The zero-order valence-corrected chi connectivity index (χ0v) is 38.9. The monoisotopic (exact) mass is 931 g/mol. The van der Waals surface area contributed by atoms with E-state index in [0.29, 0.717) is 109 Å². The van der Waals surface area contributed by atoms with Crippen LogP contribution in [0.1, 0.15) is 73.3 Å². The van der Waals surface area contributed by atoms with Crippen molar-refractivity contribution in [3.8, 4) is 5.75 Å². The Morgan fingerprint density at radius 3 is 2.01 bits per heavy atom. The van der Waals surface area contributed by atoms with E-state index < -0.39 is 23.6 Å². The lowest BCUT2D eigenvalue weighted by molar-refractivity contribution is -0.188. The largest absolute Gasteiger partial charge is 0.491 e. The molecule has 68 heavy (non-hydrogen) atoms. The maximum atomic E-state index is 13.9. The van der Waals surface area contributed by atoms with Crippen molar-refractivity contribution in [3.05, 3.63) is 88.5 Å². The summed E-state index contributed by atoms with van der Waals surface area (Å²) in [4.78, 5) is 78.4. The van der Waals surface area contributed by atoms with Gasteiger partial charge in [-0.15, -0.1) is 0 Å². The Morgan fingerprint density at radius 2 is 1.40 bits per heavy atom. The van der Waals surface area contributed by atoms with E-state index in [-0.39, 0.29) is 60.8 Å². The molecule has 0 bridgehead atoms. The number of ether oxygens (including phenoxy) is 2. The highest BCUT2D eigenvalue weighted by atomic mass is 16.5. The molecule has 0 saturated carbocycles. The van der Waals surface area contributed by atoms with Crippen LogP contribution in [0.4, 0.5) is 11.9 Å². The lowest BCUT2D eigenvalue weighted by Crippen LogP contribution is -2.70. The quantitative estimate of drug-likeness (QED) is 0.0577. The van der Waals surface area contributed by atoms with Crippen LogP contribution in [-0.4, -0.2) is 143 Å². The molecule has 7 N–H and O–H groups in total. The number of carbonyl (C=O) groups excluding carboxylic acids is 5. The minimum Gasteiger partial charge on any atom is -0.491 e. The molecule has 0 unspecified atom stereocenters. The molecule has 2 fully saturated rings. The number of nitrogens with two attached hydrogens (primary N) is 2. The third-order valence-electron chi connectivity index (χ3n) is 12.0. The Morgan fingerprint density at radius 1 is 0.794 bits per heavy atom. The number of likely N-dealkylation sites (N-methyl/N-ethyl adjacent to an activating group) is 1. The van der Waals surface area contributed by atoms with Crippen molar-refractivity contribution in [2.45, 2.75) is 65.9 Å². The SMILES string of the molecule is CCn1nc(C)cc1C(=O)Nc1nc2cc(C(N)=O)ccc2n1C/C=C/Cn1c(NC(=O)c2cc(C)nn2CC)nc2cc(C(N)=O)cc(OCCCN3CC4(C3)CN(C(=O)CNC)CCO4)c21. The van der Waals surface area contributed by atoms with Crippen LogP contribution in [0.25, 0.3) is 22.1 Å². The molecule has 6 aromatic rings. The van der Waals surface area contributed by atoms with Crippen LogP contribution in [0, 0.1) is 13.8 Å². The van der Waals surface area contributed by atoms with Gasteiger partial charge in [0.1, 0.15) is 28.3 Å². The van der Waals surface area contributed by atoms with E-state index in [1.165, 1.54) is 0 Å². The van der Waals surface area contributed by atoms with Crippen LogP contribution in [0.3, 0.4) is 0 Å². The van der Waals surface area contributed by atoms with Crippen molar-refractivity contribution in [1.82, 2.24) is 53.8 Å². The van der Waals surface area contributed by atoms with Crippen molar-refractivity contribution in [2.75, 3.05) is 70.2 Å². The van der Waals surface area contributed by atoms with Crippen molar-refractivity contribution in [3.63, 3.8) is 0 Å². The van der Waals surface area contributed by atoms with Crippen molar-refractivity contribution in [2.24, 2.45) is 11.5 Å². The molecule has 2 saturated heterocycles. The summed E-state index contributed by atoms with van der Waals surface area (Å²) in [6, 6.07) is 11.4. The summed E-state index contributed by atoms with van der Waals surface area (Å²) in [5.41, 5.74) is 15.5. The number of anilines is 2. The molecule has 2 aliphatic rings. The third kappa shape index (κ3) is 9.82. The summed E-state index contributed by atoms with van der Waals surface area (Å²) in [6.07, 6.45) is 4.38. The number of amides is 5. The summed E-state index contributed by atoms with van der Waals surface area (Å²) in [6.45, 7) is 13.0. The number of imidazole rings is 2. The van der Waals surface area contributed by atoms with E-state index in [1.54, 1.807) is 68.0 Å². The number of nitrogens with zero attached hydrogens (tertiary/aromatic N) is 10. The molecule has 8 rings (SSSR count). The van der Waals surface area contributed by atoms with Gasteiger partial charge in [0.2, 0.25) is 29.6 Å². The number of fused-ring (bicyclic) bond motifs is 2. The number of morpholine rings is 1. The van der Waals surface area contributed by atoms with E-state index in [1.807, 2.05) is 44.7 Å². The standard InChI is InChI=1S/C46H57N15O7/c1-6-60-35(19-28(3)54-60)42(65)52-44-50-32-21-30(40(47)63)11-12-34(32)58(44)14-8-9-15-59-39-33(51-45(59)53-43(66)36-20-29(4)55-61(36)7-2)22-31(41(48)64)23-37(39)67-17-10-13-56-25-46(26-56)27-57(16-18-68-46)38(62)24-49-5/h8-9,11-12,19-23,49H,6-7,10,13-18,24-27H2,1-5H3,(H2,47,63)(H2,48,64)(H,50,52,65)(H,51,53,66)/b9-8+. The Labute approximate surface area is 391 Å². The molecular formula is C46H57N15O7. The molecule has 22 nitrogen and oxygen atoms in total. The average Bonchev–Trinajstić information content (AvgIpc) is 4.07. The third-order valence-corrected chi connectivity index (χ3v) is 12.0. The number of hydrogen-bond donors (Lipinski definition) is 5. The fourth-order valence-electron chi connectivity index (χ4n) is 8.86. The highest BCUT2D eigenvalue weighted by Gasteiger charge is 2.47. The number of carbonyl (C=O) groups is 5. The van der Waals surface area contributed by atoms with Gasteiger partial charge in [-0.3, -0.25) is 48.9 Å². The maximum absolute atomic E-state index is 13.9. The molecule has 0 radical (unpaired) electrons. The smallest absolute Gasteiger partial charge is 0.276 e. The number of aryl methyl sites for hydroxylation is 4. The number of likely N-dealkylation sites (tertiary alicyclic amines) is 1. The molecule has 6 heterocycles. The molecule has 22 heteroatoms. The van der Waals surface area contributed by atoms with E-state index in [9.17, 15) is 24.0 Å². The molecule has 1 spiro atoms. The lowest BCUT2D eigenvalue weighted by atomic mass is 9.91. The molecule has 2 aromatic carbocycles. The second-order valence-electron chi connectivity index (χ2n) is 17.0. The van der Waals surface area contributed by atoms with Gasteiger partial charge in [0.15, 0.2) is 0 Å². The predicted octanol–water partition coefficient (Wildman–Crippen LogP) is 2.30. The van der Waals surface area contributed by atoms with Gasteiger partial charge in [-0.25, -0.2) is 9.97 Å². The van der Waals surface area contributed by atoms with Crippen molar-refractivity contribution < 1.29 is 33.4 Å². The number of benzene rings is 2. The first kappa shape index (κ1) is 47.1. The van der Waals surface area contributed by atoms with E-state index in [0.717, 1.165) is 0 Å². The Balaban J connectivity index is 1.06. The van der Waals surface area contributed by atoms with Crippen LogP contribution in [-0.2, 0) is 35.7 Å². The Bertz CT molecular complexity index is 2940. The summed E-state index contributed by atoms with van der Waals surface area (Å²) < 4.78 is 19.4. The zero-order valence-electron chi connectivity index (χ0n) is 38.9. The highest BCUT2D eigenvalue weighted by molar-refractivity contribution is 6.05. The predicted molar refractivity (Wildman–Crippen MR) is 253 cm³/mol. The second-order valence-corrected chi connectivity index (χ2v) is 17.0. The van der Waals surface area contributed by atoms with Gasteiger partial charge in [-0.2, -0.15) is 10.2 Å². The van der Waals surface area contributed by atoms with E-state index >= 15 is 0 Å². The zero-order chi connectivity index (χ0) is 48.3. The minimum absolute atomic E-state index is 0.0574. The van der Waals surface area contributed by atoms with Crippen LogP contribution in [0.15, 0.2) is 54.6 Å². The molecule has 5 amide bonds. The van der Waals surface area contributed by atoms with Crippen LogP contribution in [0.5, 0.6) is 5.75 Å². The van der Waals surface area contributed by atoms with Crippen molar-refractivity contribution in [1.29, 1.82) is 0 Å². The molecule has 0 aliphatic carbocycles. The van der Waals surface area contributed by atoms with Gasteiger partial charge in [0, 0.05) is 63.5 Å². The van der Waals surface area contributed by atoms with Crippen LogP contribution in [0.2, 0.25) is 0 Å². The number of hydrogen-bond acceptors (Lipinski definition) is 13. The number of aromatic nitrogens is 8. The minimum atomic E-state index is -0.674. The molecule has 4 aromatic heterocycles. The topological polar surface area (TPSA) is 270 Å². The molecule has 2 aliphatic heterocycles. The fourth-order valence-corrected chi connectivity index (χ4v) is 8.86. The summed E-state index contributed by atoms with van der Waals surface area (Å²) >= 11 is 0. The molecular weight excluding hydrogens is 875 g/mol. The van der Waals surface area contributed by atoms with Gasteiger partial charge in [-0.1, -0.05) is 12.2 Å². The summed E-state index contributed by atoms with van der Waals surface area (Å²) in [5, 5.41) is 17.7. The summed E-state index contributed by atoms with van der Waals surface area (Å²) in [5.74, 6) is -1.31. The van der Waals surface area contributed by atoms with Gasteiger partial charge >= 0.3 is 0 Å². The number of primary amides is 2. The summed E-state index contributed by atoms with van der Waals surface area (Å²) in [7, 11) is 1.76. The lowest BCUT2D eigenvalue weighted by Gasteiger charge is -2.54. The average molecular weight is 932 g/mol. The first-order chi connectivity index (χ1) is 32.7. The van der Waals surface area contributed by atoms with E-state index in [4.69, 9.17) is 25.9 Å². The second kappa shape index (κ2) is 19.8. The van der Waals surface area contributed by atoms with Gasteiger partial charge in [-0.05, 0) is 83.6 Å². The Hall–Kier alpha value is -7.43. The van der Waals surface area contributed by atoms with Crippen LogP contribution < -0.4 is 32.2 Å². The first-order valence-corrected chi connectivity index (χ1v) is 22.6. The number of allylic oxidation sites excluding steroid dienone is 2. The highest BCUT2D eigenvalue weighted by Crippen LogP contribution is 2.33. The van der Waals surface area contributed by atoms with Gasteiger partial charge in [0.25, 0.3) is 11.8 Å². The first-order valence-electron chi connectivity index (χ1n) is 22.6. The van der Waals surface area contributed by atoms with E-state index in [2.05, 4.69) is 36.0 Å². The molecule has 358 valence electrons. The number of nitrogens with one attached hydrogen (secondary N) is 3. The van der Waals surface area contributed by atoms with Gasteiger partial charge < -0.3 is 40.3 Å². The molecule has 0 atom stereocenters. The van der Waals surface area contributed by atoms with Gasteiger partial charge in [0.05, 0.1) is 54.2 Å². The fraction of sp³-hybridized carbons (Fsp3) is 0.413. The van der Waals surface area contributed by atoms with Crippen molar-refractivity contribution >= 4 is 63.5 Å². The number of rotatable bonds is 19. The van der Waals surface area contributed by atoms with Crippen LogP contribution >= 0.6 is 0 Å². The maximum Gasteiger partial charge on any atom is 0.276 e. The Kier molecular flexibility index (Phi) is 13.7.